The summed E-state index contributed by atoms with van der Waals surface area (Å²) in [6, 6.07) is 10.1. The third-order valence-electron chi connectivity index (χ3n) is 4.51. The van der Waals surface area contributed by atoms with Crippen molar-refractivity contribution in [3.05, 3.63) is 46.4 Å². The SMILES string of the molecule is COc1ccc(CCC(=O)Nc2cc(S(=O)(=O)NC3CC3)ccc2OC)cc1Br. The molecule has 7 nitrogen and oxygen atoms in total. The van der Waals surface area contributed by atoms with Crippen LogP contribution in [0, 0.1) is 0 Å². The number of rotatable bonds is 9. The third-order valence-corrected chi connectivity index (χ3v) is 6.65. The first kappa shape index (κ1) is 21.6. The number of amides is 1. The number of halogens is 1. The molecule has 0 aromatic heterocycles. The number of ether oxygens (including phenoxy) is 2. The van der Waals surface area contributed by atoms with Gasteiger partial charge in [-0.1, -0.05) is 6.07 Å². The van der Waals surface area contributed by atoms with Crippen LogP contribution < -0.4 is 19.5 Å². The number of hydrogen-bond acceptors (Lipinski definition) is 5. The number of aryl methyl sites for hydroxylation is 1. The molecule has 0 saturated heterocycles. The van der Waals surface area contributed by atoms with E-state index in [1.807, 2.05) is 18.2 Å². The molecule has 1 amide bonds. The van der Waals surface area contributed by atoms with Gasteiger partial charge in [-0.2, -0.15) is 0 Å². The zero-order chi connectivity index (χ0) is 21.0. The fourth-order valence-electron chi connectivity index (χ4n) is 2.78. The first-order valence-electron chi connectivity index (χ1n) is 9.15. The minimum atomic E-state index is -3.62. The molecule has 0 unspecified atom stereocenters. The van der Waals surface area contributed by atoms with Crippen molar-refractivity contribution in [1.29, 1.82) is 0 Å². The summed E-state index contributed by atoms with van der Waals surface area (Å²) in [6.07, 6.45) is 2.46. The molecule has 0 bridgehead atoms. The molecule has 0 heterocycles. The molecule has 1 saturated carbocycles. The molecule has 2 aromatic rings. The second kappa shape index (κ2) is 9.15. The van der Waals surface area contributed by atoms with E-state index < -0.39 is 10.0 Å². The Bertz CT molecular complexity index is 1010. The summed E-state index contributed by atoms with van der Waals surface area (Å²) in [6.45, 7) is 0. The van der Waals surface area contributed by atoms with Gasteiger partial charge < -0.3 is 14.8 Å². The normalized spacial score (nSPS) is 13.8. The number of sulfonamides is 1. The fraction of sp³-hybridized carbons (Fsp3) is 0.350. The molecule has 9 heteroatoms. The third kappa shape index (κ3) is 5.71. The van der Waals surface area contributed by atoms with E-state index in [1.165, 1.54) is 25.3 Å². The van der Waals surface area contributed by atoms with Gasteiger partial charge in [-0.05, 0) is 71.1 Å². The van der Waals surface area contributed by atoms with E-state index in [0.29, 0.717) is 17.9 Å². The lowest BCUT2D eigenvalue weighted by molar-refractivity contribution is -0.116. The molecule has 1 aliphatic carbocycles. The van der Waals surface area contributed by atoms with Crippen molar-refractivity contribution < 1.29 is 22.7 Å². The summed E-state index contributed by atoms with van der Waals surface area (Å²) in [5, 5.41) is 2.76. The van der Waals surface area contributed by atoms with E-state index in [1.54, 1.807) is 7.11 Å². The second-order valence-corrected chi connectivity index (χ2v) is 9.34. The molecule has 29 heavy (non-hydrogen) atoms. The predicted molar refractivity (Wildman–Crippen MR) is 114 cm³/mol. The standard InChI is InChI=1S/C20H23BrN2O5S/c1-27-18-8-3-13(11-16(18)21)4-10-20(24)22-17-12-15(7-9-19(17)28-2)29(25,26)23-14-5-6-14/h3,7-9,11-12,14,23H,4-6,10H2,1-2H3,(H,22,24). The van der Waals surface area contributed by atoms with Crippen molar-refractivity contribution in [2.75, 3.05) is 19.5 Å². The van der Waals surface area contributed by atoms with Crippen LogP contribution >= 0.6 is 15.9 Å². The topological polar surface area (TPSA) is 93.7 Å². The number of methoxy groups -OCH3 is 2. The van der Waals surface area contributed by atoms with Gasteiger partial charge in [-0.3, -0.25) is 4.79 Å². The van der Waals surface area contributed by atoms with E-state index in [9.17, 15) is 13.2 Å². The van der Waals surface area contributed by atoms with Crippen molar-refractivity contribution in [1.82, 2.24) is 4.72 Å². The largest absolute Gasteiger partial charge is 0.496 e. The summed E-state index contributed by atoms with van der Waals surface area (Å²) in [4.78, 5) is 12.5. The van der Waals surface area contributed by atoms with Gasteiger partial charge in [-0.25, -0.2) is 13.1 Å². The molecule has 0 spiro atoms. The number of anilines is 1. The van der Waals surface area contributed by atoms with Crippen LogP contribution in [0.3, 0.4) is 0 Å². The highest BCUT2D eigenvalue weighted by atomic mass is 79.9. The summed E-state index contributed by atoms with van der Waals surface area (Å²) in [5.41, 5.74) is 1.30. The van der Waals surface area contributed by atoms with Crippen LogP contribution in [0.5, 0.6) is 11.5 Å². The number of hydrogen-bond donors (Lipinski definition) is 2. The summed E-state index contributed by atoms with van der Waals surface area (Å²) >= 11 is 3.43. The van der Waals surface area contributed by atoms with Crippen molar-refractivity contribution in [3.8, 4) is 11.5 Å². The first-order chi connectivity index (χ1) is 13.8. The van der Waals surface area contributed by atoms with Crippen molar-refractivity contribution in [2.24, 2.45) is 0 Å². The molecule has 0 atom stereocenters. The van der Waals surface area contributed by atoms with Crippen LogP contribution in [-0.4, -0.2) is 34.6 Å². The molecule has 2 aromatic carbocycles. The molecule has 3 rings (SSSR count). The smallest absolute Gasteiger partial charge is 0.240 e. The molecular formula is C20H23BrN2O5S. The zero-order valence-electron chi connectivity index (χ0n) is 16.2. The van der Waals surface area contributed by atoms with E-state index in [4.69, 9.17) is 9.47 Å². The Hall–Kier alpha value is -2.10. The summed E-state index contributed by atoms with van der Waals surface area (Å²) in [7, 11) is -0.560. The van der Waals surface area contributed by atoms with Crippen LogP contribution in [0.1, 0.15) is 24.8 Å². The van der Waals surface area contributed by atoms with Gasteiger partial charge in [0.25, 0.3) is 0 Å². The maximum absolute atomic E-state index is 12.4. The maximum atomic E-state index is 12.4. The van der Waals surface area contributed by atoms with Gasteiger partial charge in [-0.15, -0.1) is 0 Å². The van der Waals surface area contributed by atoms with Gasteiger partial charge in [0, 0.05) is 12.5 Å². The van der Waals surface area contributed by atoms with E-state index in [-0.39, 0.29) is 23.3 Å². The van der Waals surface area contributed by atoms with E-state index in [2.05, 4.69) is 26.0 Å². The van der Waals surface area contributed by atoms with Gasteiger partial charge in [0.05, 0.1) is 29.3 Å². The molecule has 1 aliphatic rings. The fourth-order valence-corrected chi connectivity index (χ4v) is 4.70. The van der Waals surface area contributed by atoms with Crippen LogP contribution in [0.4, 0.5) is 5.69 Å². The maximum Gasteiger partial charge on any atom is 0.240 e. The number of nitrogens with one attached hydrogen (secondary N) is 2. The van der Waals surface area contributed by atoms with Crippen molar-refractivity contribution >= 4 is 37.5 Å². The lowest BCUT2D eigenvalue weighted by Gasteiger charge is -2.13. The lowest BCUT2D eigenvalue weighted by Crippen LogP contribution is -2.26. The highest BCUT2D eigenvalue weighted by Crippen LogP contribution is 2.30. The molecular weight excluding hydrogens is 460 g/mol. The van der Waals surface area contributed by atoms with Gasteiger partial charge in [0.2, 0.25) is 15.9 Å². The average Bonchev–Trinajstić information content (AvgIpc) is 3.49. The van der Waals surface area contributed by atoms with Crippen LogP contribution in [0.25, 0.3) is 0 Å². The number of benzene rings is 2. The van der Waals surface area contributed by atoms with Crippen molar-refractivity contribution in [2.45, 2.75) is 36.6 Å². The minimum Gasteiger partial charge on any atom is -0.496 e. The van der Waals surface area contributed by atoms with Crippen LogP contribution in [0.2, 0.25) is 0 Å². The number of carbonyl (C=O) groups is 1. The average molecular weight is 483 g/mol. The first-order valence-corrected chi connectivity index (χ1v) is 11.4. The van der Waals surface area contributed by atoms with Crippen LogP contribution in [-0.2, 0) is 21.2 Å². The van der Waals surface area contributed by atoms with Gasteiger partial charge >= 0.3 is 0 Å². The highest BCUT2D eigenvalue weighted by molar-refractivity contribution is 9.10. The summed E-state index contributed by atoms with van der Waals surface area (Å²) < 4.78 is 38.8. The zero-order valence-corrected chi connectivity index (χ0v) is 18.6. The van der Waals surface area contributed by atoms with E-state index >= 15 is 0 Å². The van der Waals surface area contributed by atoms with Crippen LogP contribution in [0.15, 0.2) is 45.8 Å². The Morgan fingerprint density at radius 1 is 1.10 bits per heavy atom. The van der Waals surface area contributed by atoms with Gasteiger partial charge in [0.1, 0.15) is 11.5 Å². The lowest BCUT2D eigenvalue weighted by atomic mass is 10.1. The Kier molecular flexibility index (Phi) is 6.81. The molecule has 2 N–H and O–H groups in total. The second-order valence-electron chi connectivity index (χ2n) is 6.77. The highest BCUT2D eigenvalue weighted by Gasteiger charge is 2.28. The van der Waals surface area contributed by atoms with Gasteiger partial charge in [0.15, 0.2) is 0 Å². The summed E-state index contributed by atoms with van der Waals surface area (Å²) in [5.74, 6) is 0.886. The Morgan fingerprint density at radius 3 is 2.41 bits per heavy atom. The predicted octanol–water partition coefficient (Wildman–Crippen LogP) is 3.48. The minimum absolute atomic E-state index is 0.00367. The monoisotopic (exact) mass is 482 g/mol. The Labute approximate surface area is 179 Å². The Balaban J connectivity index is 1.68. The molecule has 0 aliphatic heterocycles. The van der Waals surface area contributed by atoms with E-state index in [0.717, 1.165) is 28.6 Å². The molecule has 156 valence electrons. The Morgan fingerprint density at radius 2 is 1.79 bits per heavy atom. The molecule has 0 radical (unpaired) electrons. The van der Waals surface area contributed by atoms with Crippen molar-refractivity contribution in [3.63, 3.8) is 0 Å². The quantitative estimate of drug-likeness (QED) is 0.570. The number of carbonyl (C=O) groups excluding carboxylic acids is 1. The molecule has 1 fully saturated rings.